The van der Waals surface area contributed by atoms with Gasteiger partial charge in [-0.15, -0.1) is 0 Å². The zero-order valence-corrected chi connectivity index (χ0v) is 5.13. The second kappa shape index (κ2) is 2.29. The van der Waals surface area contributed by atoms with Gasteiger partial charge < -0.3 is 11.5 Å². The highest BCUT2D eigenvalue weighted by Crippen LogP contribution is 1.86. The zero-order chi connectivity index (χ0) is 7.65. The van der Waals surface area contributed by atoms with E-state index >= 15 is 0 Å². The van der Waals surface area contributed by atoms with Crippen LogP contribution in [0.3, 0.4) is 0 Å². The van der Waals surface area contributed by atoms with Crippen molar-refractivity contribution in [2.75, 3.05) is 0 Å². The third-order valence-corrected chi connectivity index (χ3v) is 1.48. The van der Waals surface area contributed by atoms with Crippen LogP contribution in [-0.2, 0) is 14.9 Å². The van der Waals surface area contributed by atoms with Crippen molar-refractivity contribution in [1.29, 1.82) is 0 Å². The van der Waals surface area contributed by atoms with Gasteiger partial charge in [-0.3, -0.25) is 9.35 Å². The lowest BCUT2D eigenvalue weighted by atomic mass is 10.6. The molecule has 1 atom stereocenters. The Labute approximate surface area is 51.6 Å². The van der Waals surface area contributed by atoms with Gasteiger partial charge in [-0.1, -0.05) is 0 Å². The molecule has 6 nitrogen and oxygen atoms in total. The highest BCUT2D eigenvalue weighted by Gasteiger charge is 2.23. The predicted molar refractivity (Wildman–Crippen MR) is 28.7 cm³/mol. The molecule has 0 aromatic heterocycles. The molecule has 0 rings (SSSR count). The zero-order valence-electron chi connectivity index (χ0n) is 4.31. The maximum Gasteiger partial charge on any atom is 0.290 e. The first kappa shape index (κ1) is 8.34. The molecule has 0 aliphatic carbocycles. The fraction of sp³-hybridized carbons (Fsp3) is 0.500. The van der Waals surface area contributed by atoms with Crippen LogP contribution in [0.5, 0.6) is 0 Å². The first-order chi connectivity index (χ1) is 3.85. The Hall–Kier alpha value is -0.660. The third-order valence-electron chi connectivity index (χ3n) is 0.601. The largest absolute Gasteiger partial charge is 0.367 e. The molecule has 0 aliphatic rings. The monoisotopic (exact) mass is 154 g/mol. The maximum atomic E-state index is 9.90. The number of hydrogen-bond donors (Lipinski definition) is 3. The second-order valence-corrected chi connectivity index (χ2v) is 2.88. The molecule has 0 fully saturated rings. The average molecular weight is 154 g/mol. The Morgan fingerprint density at radius 1 is 1.56 bits per heavy atom. The van der Waals surface area contributed by atoms with Crippen molar-refractivity contribution in [3.05, 3.63) is 0 Å². The molecule has 0 bridgehead atoms. The maximum absolute atomic E-state index is 9.90. The highest BCUT2D eigenvalue weighted by molar-refractivity contribution is 7.87. The predicted octanol–water partition coefficient (Wildman–Crippen LogP) is -2.36. The van der Waals surface area contributed by atoms with E-state index in [2.05, 4.69) is 11.5 Å². The Balaban J connectivity index is 4.43. The van der Waals surface area contributed by atoms with Gasteiger partial charge in [0.15, 0.2) is 0 Å². The average Bonchev–Trinajstić information content (AvgIpc) is 1.62. The van der Waals surface area contributed by atoms with Gasteiger partial charge in [0, 0.05) is 0 Å². The molecule has 54 valence electrons. The highest BCUT2D eigenvalue weighted by atomic mass is 32.2. The molecule has 0 spiro atoms. The van der Waals surface area contributed by atoms with Crippen molar-refractivity contribution in [2.24, 2.45) is 11.5 Å². The Bertz CT molecular complexity index is 207. The summed E-state index contributed by atoms with van der Waals surface area (Å²) in [5, 5.41) is -2.02. The van der Waals surface area contributed by atoms with E-state index in [4.69, 9.17) is 4.55 Å². The molecule has 1 amide bonds. The smallest absolute Gasteiger partial charge is 0.290 e. The number of carbonyl (C=O) groups is 1. The van der Waals surface area contributed by atoms with Crippen LogP contribution in [0.15, 0.2) is 0 Å². The summed E-state index contributed by atoms with van der Waals surface area (Å²) in [6, 6.07) is 0. The van der Waals surface area contributed by atoms with Crippen LogP contribution in [0.2, 0.25) is 0 Å². The minimum absolute atomic E-state index is 1.28. The van der Waals surface area contributed by atoms with Gasteiger partial charge >= 0.3 is 0 Å². The molecule has 0 heterocycles. The van der Waals surface area contributed by atoms with E-state index in [-0.39, 0.29) is 0 Å². The van der Waals surface area contributed by atoms with E-state index < -0.39 is 21.4 Å². The normalized spacial score (nSPS) is 14.9. The van der Waals surface area contributed by atoms with Crippen molar-refractivity contribution in [3.63, 3.8) is 0 Å². The summed E-state index contributed by atoms with van der Waals surface area (Å²) in [4.78, 5) is 9.90. The number of rotatable bonds is 2. The second-order valence-electron chi connectivity index (χ2n) is 1.34. The van der Waals surface area contributed by atoms with Crippen LogP contribution in [0.1, 0.15) is 0 Å². The molecule has 1 unspecified atom stereocenters. The lowest BCUT2D eigenvalue weighted by Gasteiger charge is -1.99. The Morgan fingerprint density at radius 2 is 1.89 bits per heavy atom. The topological polar surface area (TPSA) is 123 Å². The van der Waals surface area contributed by atoms with Gasteiger partial charge in [0.2, 0.25) is 5.37 Å². The summed E-state index contributed by atoms with van der Waals surface area (Å²) in [6.07, 6.45) is 0. The van der Waals surface area contributed by atoms with E-state index in [0.29, 0.717) is 0 Å². The van der Waals surface area contributed by atoms with Gasteiger partial charge in [-0.05, 0) is 0 Å². The first-order valence-corrected chi connectivity index (χ1v) is 3.37. The van der Waals surface area contributed by atoms with Crippen LogP contribution in [0.25, 0.3) is 0 Å². The Morgan fingerprint density at radius 3 is 1.89 bits per heavy atom. The lowest BCUT2D eigenvalue weighted by molar-refractivity contribution is -0.117. The quantitative estimate of drug-likeness (QED) is 0.384. The minimum Gasteiger partial charge on any atom is -0.367 e. The summed E-state index contributed by atoms with van der Waals surface area (Å²) in [5.41, 5.74) is 9.00. The van der Waals surface area contributed by atoms with Crippen LogP contribution in [-0.4, -0.2) is 24.3 Å². The number of amides is 1. The van der Waals surface area contributed by atoms with E-state index in [0.717, 1.165) is 0 Å². The van der Waals surface area contributed by atoms with Gasteiger partial charge in [0.25, 0.3) is 16.0 Å². The summed E-state index contributed by atoms with van der Waals surface area (Å²) in [5.74, 6) is -1.28. The van der Waals surface area contributed by atoms with Crippen molar-refractivity contribution in [3.8, 4) is 0 Å². The summed E-state index contributed by atoms with van der Waals surface area (Å²) >= 11 is 0. The number of nitrogens with two attached hydrogens (primary N) is 2. The molecule has 7 heteroatoms. The molecule has 0 saturated heterocycles. The lowest BCUT2D eigenvalue weighted by Crippen LogP contribution is -2.42. The fourth-order valence-electron chi connectivity index (χ4n) is 0.147. The SMILES string of the molecule is NC(=O)C(N)S(=O)(=O)O. The number of carbonyl (C=O) groups excluding carboxylic acids is 1. The Kier molecular flexibility index (Phi) is 2.13. The van der Waals surface area contributed by atoms with Gasteiger partial charge in [0.05, 0.1) is 0 Å². The number of primary amides is 1. The van der Waals surface area contributed by atoms with Crippen LogP contribution >= 0.6 is 0 Å². The van der Waals surface area contributed by atoms with E-state index in [1.807, 2.05) is 0 Å². The van der Waals surface area contributed by atoms with Crippen molar-refractivity contribution in [2.45, 2.75) is 5.37 Å². The van der Waals surface area contributed by atoms with Crippen molar-refractivity contribution >= 4 is 16.0 Å². The molecular formula is C2H6N2O4S. The summed E-state index contributed by atoms with van der Waals surface area (Å²) in [6.45, 7) is 0. The fourth-order valence-corrected chi connectivity index (χ4v) is 0.440. The standard InChI is InChI=1S/C2H6N2O4S/c3-1(5)2(4)9(6,7)8/h2H,4H2,(H2,3,5)(H,6,7,8). The third kappa shape index (κ3) is 2.40. The molecule has 5 N–H and O–H groups in total. The van der Waals surface area contributed by atoms with Gasteiger partial charge in [-0.2, -0.15) is 8.42 Å². The first-order valence-electron chi connectivity index (χ1n) is 1.87. The summed E-state index contributed by atoms with van der Waals surface area (Å²) < 4.78 is 27.8. The molecule has 0 aliphatic heterocycles. The molecule has 0 aromatic carbocycles. The summed E-state index contributed by atoms with van der Waals surface area (Å²) in [7, 11) is -4.50. The van der Waals surface area contributed by atoms with E-state index in [1.165, 1.54) is 0 Å². The van der Waals surface area contributed by atoms with Crippen LogP contribution in [0.4, 0.5) is 0 Å². The van der Waals surface area contributed by atoms with Crippen molar-refractivity contribution in [1.82, 2.24) is 0 Å². The molecule has 0 saturated carbocycles. The minimum atomic E-state index is -4.50. The van der Waals surface area contributed by atoms with Crippen LogP contribution < -0.4 is 11.5 Å². The molecule has 0 aromatic rings. The van der Waals surface area contributed by atoms with Crippen molar-refractivity contribution < 1.29 is 17.8 Å². The van der Waals surface area contributed by atoms with E-state index in [1.54, 1.807) is 0 Å². The van der Waals surface area contributed by atoms with E-state index in [9.17, 15) is 13.2 Å². The van der Waals surface area contributed by atoms with Gasteiger partial charge in [-0.25, -0.2) is 0 Å². The van der Waals surface area contributed by atoms with Gasteiger partial charge in [0.1, 0.15) is 0 Å². The number of hydrogen-bond acceptors (Lipinski definition) is 4. The molecular weight excluding hydrogens is 148 g/mol. The molecule has 0 radical (unpaired) electrons. The van der Waals surface area contributed by atoms with Crippen LogP contribution in [0, 0.1) is 0 Å². The molecule has 9 heavy (non-hydrogen) atoms.